The number of aromatic amines is 1. The number of hydrogen-bond acceptors (Lipinski definition) is 3. The average molecular weight is 392 g/mol. The zero-order valence-electron chi connectivity index (χ0n) is 17.3. The zero-order valence-corrected chi connectivity index (χ0v) is 17.3. The SMILES string of the molecule is C1=CC2=C(CC1)OCC(N1CCCCC1)C2.Nc1cccc2[nH]c(C3CC3)cc12. The normalized spacial score (nSPS) is 24.6. The maximum absolute atomic E-state index is 5.93. The standard InChI is InChI=1S/C14H21NO.C11H12N2/c1-4-8-15(9-5-1)13-10-12-6-2-3-7-14(12)16-11-13;12-9-2-1-3-10-8(9)6-11(13-10)7-4-5-7/h2,6,13H,1,3-5,7-11H2;1-3,6-7,13H,4-5,12H2. The average Bonchev–Trinajstić information content (AvgIpc) is 3.53. The van der Waals surface area contributed by atoms with Crippen LogP contribution in [0.3, 0.4) is 0 Å². The minimum absolute atomic E-state index is 0.641. The molecule has 29 heavy (non-hydrogen) atoms. The van der Waals surface area contributed by atoms with E-state index in [9.17, 15) is 0 Å². The molecule has 1 aromatic heterocycles. The number of rotatable bonds is 2. The Kier molecular flexibility index (Phi) is 5.36. The quantitative estimate of drug-likeness (QED) is 0.665. The fraction of sp³-hybridized carbons (Fsp3) is 0.520. The Morgan fingerprint density at radius 1 is 1.10 bits per heavy atom. The van der Waals surface area contributed by atoms with Crippen LogP contribution >= 0.6 is 0 Å². The van der Waals surface area contributed by atoms with Gasteiger partial charge >= 0.3 is 0 Å². The Hall–Kier alpha value is -2.20. The second-order valence-corrected chi connectivity index (χ2v) is 8.96. The highest BCUT2D eigenvalue weighted by molar-refractivity contribution is 5.91. The van der Waals surface area contributed by atoms with Gasteiger partial charge in [0, 0.05) is 34.7 Å². The number of aromatic nitrogens is 1. The lowest BCUT2D eigenvalue weighted by atomic mass is 9.94. The molecule has 4 heteroatoms. The number of nitrogen functional groups attached to an aromatic ring is 1. The van der Waals surface area contributed by atoms with Crippen molar-refractivity contribution in [2.75, 3.05) is 25.4 Å². The summed E-state index contributed by atoms with van der Waals surface area (Å²) in [5.74, 6) is 2.04. The Bertz CT molecular complexity index is 915. The first-order valence-corrected chi connectivity index (χ1v) is 11.4. The summed E-state index contributed by atoms with van der Waals surface area (Å²) in [7, 11) is 0. The van der Waals surface area contributed by atoms with Gasteiger partial charge in [-0.25, -0.2) is 0 Å². The smallest absolute Gasteiger partial charge is 0.104 e. The number of ether oxygens (including phenoxy) is 1. The molecule has 1 atom stereocenters. The summed E-state index contributed by atoms with van der Waals surface area (Å²) in [4.78, 5) is 6.05. The lowest BCUT2D eigenvalue weighted by molar-refractivity contribution is 0.0640. The number of fused-ring (bicyclic) bond motifs is 1. The lowest BCUT2D eigenvalue weighted by Gasteiger charge is -2.38. The highest BCUT2D eigenvalue weighted by Crippen LogP contribution is 2.41. The van der Waals surface area contributed by atoms with Crippen LogP contribution in [0.25, 0.3) is 10.9 Å². The minimum Gasteiger partial charge on any atom is -0.496 e. The van der Waals surface area contributed by atoms with Crippen LogP contribution in [0.5, 0.6) is 0 Å². The molecule has 154 valence electrons. The van der Waals surface area contributed by atoms with Gasteiger partial charge in [-0.2, -0.15) is 0 Å². The van der Waals surface area contributed by atoms with Crippen LogP contribution < -0.4 is 5.73 Å². The Labute approximate surface area is 173 Å². The fourth-order valence-corrected chi connectivity index (χ4v) is 4.88. The van der Waals surface area contributed by atoms with E-state index in [1.165, 1.54) is 79.5 Å². The predicted octanol–water partition coefficient (Wildman–Crippen LogP) is 5.49. The molecule has 3 N–H and O–H groups in total. The third-order valence-electron chi connectivity index (χ3n) is 6.76. The van der Waals surface area contributed by atoms with Gasteiger partial charge in [0.05, 0.1) is 5.76 Å². The van der Waals surface area contributed by atoms with Gasteiger partial charge in [-0.1, -0.05) is 24.6 Å². The van der Waals surface area contributed by atoms with Crippen molar-refractivity contribution in [3.05, 3.63) is 53.4 Å². The third-order valence-corrected chi connectivity index (χ3v) is 6.76. The summed E-state index contributed by atoms with van der Waals surface area (Å²) in [6.07, 6.45) is 14.9. The Morgan fingerprint density at radius 3 is 2.76 bits per heavy atom. The van der Waals surface area contributed by atoms with Gasteiger partial charge in [0.15, 0.2) is 0 Å². The van der Waals surface area contributed by atoms with Gasteiger partial charge < -0.3 is 15.5 Å². The van der Waals surface area contributed by atoms with Gasteiger partial charge in [-0.3, -0.25) is 4.90 Å². The van der Waals surface area contributed by atoms with Crippen LogP contribution in [-0.4, -0.2) is 35.6 Å². The van der Waals surface area contributed by atoms with Gasteiger partial charge in [0.2, 0.25) is 0 Å². The Balaban J connectivity index is 0.000000128. The summed E-state index contributed by atoms with van der Waals surface area (Å²) >= 11 is 0. The van der Waals surface area contributed by atoms with Crippen molar-refractivity contribution in [1.29, 1.82) is 0 Å². The van der Waals surface area contributed by atoms with Gasteiger partial charge in [0.25, 0.3) is 0 Å². The van der Waals surface area contributed by atoms with E-state index >= 15 is 0 Å². The molecule has 4 aliphatic rings. The van der Waals surface area contributed by atoms with Crippen molar-refractivity contribution in [3.63, 3.8) is 0 Å². The van der Waals surface area contributed by atoms with Crippen LogP contribution in [0.1, 0.15) is 63.0 Å². The van der Waals surface area contributed by atoms with E-state index in [4.69, 9.17) is 10.5 Å². The van der Waals surface area contributed by atoms with Crippen molar-refractivity contribution in [2.24, 2.45) is 0 Å². The molecule has 0 bridgehead atoms. The van der Waals surface area contributed by atoms with E-state index in [0.717, 1.165) is 31.1 Å². The molecule has 0 amide bonds. The molecule has 2 aliphatic heterocycles. The molecule has 4 nitrogen and oxygen atoms in total. The van der Waals surface area contributed by atoms with Crippen LogP contribution in [0.4, 0.5) is 5.69 Å². The maximum Gasteiger partial charge on any atom is 0.104 e. The molecule has 1 saturated heterocycles. The Morgan fingerprint density at radius 2 is 1.97 bits per heavy atom. The van der Waals surface area contributed by atoms with Gasteiger partial charge in [0.1, 0.15) is 6.61 Å². The van der Waals surface area contributed by atoms with E-state index in [1.807, 2.05) is 12.1 Å². The van der Waals surface area contributed by atoms with E-state index in [2.05, 4.69) is 34.2 Å². The highest BCUT2D eigenvalue weighted by Gasteiger charge is 2.27. The van der Waals surface area contributed by atoms with Crippen molar-refractivity contribution in [3.8, 4) is 0 Å². The molecule has 6 rings (SSSR count). The van der Waals surface area contributed by atoms with Gasteiger partial charge in [-0.15, -0.1) is 0 Å². The van der Waals surface area contributed by atoms with Crippen molar-refractivity contribution in [2.45, 2.75) is 63.3 Å². The van der Waals surface area contributed by atoms with Crippen molar-refractivity contribution in [1.82, 2.24) is 9.88 Å². The highest BCUT2D eigenvalue weighted by atomic mass is 16.5. The van der Waals surface area contributed by atoms with Crippen LogP contribution in [-0.2, 0) is 4.74 Å². The molecule has 0 radical (unpaired) electrons. The largest absolute Gasteiger partial charge is 0.496 e. The topological polar surface area (TPSA) is 54.3 Å². The minimum atomic E-state index is 0.641. The summed E-state index contributed by atoms with van der Waals surface area (Å²) in [6.45, 7) is 3.48. The summed E-state index contributed by atoms with van der Waals surface area (Å²) in [6, 6.07) is 8.86. The molecular formula is C25H33N3O. The lowest BCUT2D eigenvalue weighted by Crippen LogP contribution is -2.43. The predicted molar refractivity (Wildman–Crippen MR) is 120 cm³/mol. The van der Waals surface area contributed by atoms with Crippen molar-refractivity contribution < 1.29 is 4.74 Å². The van der Waals surface area contributed by atoms with E-state index in [-0.39, 0.29) is 0 Å². The monoisotopic (exact) mass is 391 g/mol. The zero-order chi connectivity index (χ0) is 19.6. The molecule has 0 spiro atoms. The maximum atomic E-state index is 5.93. The number of nitrogens with two attached hydrogens (primary N) is 1. The molecule has 2 fully saturated rings. The molecular weight excluding hydrogens is 358 g/mol. The first kappa shape index (κ1) is 18.8. The number of nitrogens with zero attached hydrogens (tertiary/aromatic N) is 1. The van der Waals surface area contributed by atoms with Crippen LogP contribution in [0.2, 0.25) is 0 Å². The second kappa shape index (κ2) is 8.27. The first-order valence-electron chi connectivity index (χ1n) is 11.4. The molecule has 1 unspecified atom stereocenters. The number of anilines is 1. The molecule has 2 aliphatic carbocycles. The number of H-pyrrole nitrogens is 1. The number of benzene rings is 1. The number of likely N-dealkylation sites (tertiary alicyclic amines) is 1. The fourth-order valence-electron chi connectivity index (χ4n) is 4.88. The summed E-state index contributed by atoms with van der Waals surface area (Å²) in [5, 5.41) is 1.17. The molecule has 3 heterocycles. The summed E-state index contributed by atoms with van der Waals surface area (Å²) in [5.41, 5.74) is 10.7. The number of allylic oxidation sites excluding steroid dienone is 3. The summed E-state index contributed by atoms with van der Waals surface area (Å²) < 4.78 is 5.93. The number of hydrogen-bond donors (Lipinski definition) is 2. The van der Waals surface area contributed by atoms with E-state index in [1.54, 1.807) is 0 Å². The second-order valence-electron chi connectivity index (χ2n) is 8.96. The van der Waals surface area contributed by atoms with Crippen molar-refractivity contribution >= 4 is 16.6 Å². The van der Waals surface area contributed by atoms with E-state index < -0.39 is 0 Å². The number of nitrogens with one attached hydrogen (secondary N) is 1. The first-order chi connectivity index (χ1) is 14.3. The molecule has 1 saturated carbocycles. The number of piperidine rings is 1. The van der Waals surface area contributed by atoms with Gasteiger partial charge in [-0.05, 0) is 81.3 Å². The third kappa shape index (κ3) is 4.23. The van der Waals surface area contributed by atoms with Crippen LogP contribution in [0.15, 0.2) is 47.7 Å². The van der Waals surface area contributed by atoms with Crippen LogP contribution in [0, 0.1) is 0 Å². The molecule has 1 aromatic carbocycles. The van der Waals surface area contributed by atoms with E-state index in [0.29, 0.717) is 6.04 Å². The molecule has 2 aromatic rings.